The average molecular weight is 198 g/mol. The molecule has 1 amide bonds. The molecule has 2 unspecified atom stereocenters. The highest BCUT2D eigenvalue weighted by Gasteiger charge is 2.34. The zero-order valence-electron chi connectivity index (χ0n) is 8.53. The Balaban J connectivity index is 1.78. The Morgan fingerprint density at radius 2 is 2.21 bits per heavy atom. The van der Waals surface area contributed by atoms with E-state index in [0.29, 0.717) is 12.5 Å². The molecule has 0 radical (unpaired) electrons. The average Bonchev–Trinajstić information content (AvgIpc) is 2.48. The van der Waals surface area contributed by atoms with E-state index in [1.54, 1.807) is 0 Å². The van der Waals surface area contributed by atoms with Crippen LogP contribution in [0.3, 0.4) is 0 Å². The number of ether oxygens (including phenoxy) is 1. The molecule has 1 aliphatic heterocycles. The van der Waals surface area contributed by atoms with E-state index in [0.717, 1.165) is 19.3 Å². The van der Waals surface area contributed by atoms with Gasteiger partial charge in [0.15, 0.2) is 0 Å². The number of hydrogen-bond acceptors (Lipinski definition) is 3. The van der Waals surface area contributed by atoms with Crippen molar-refractivity contribution in [2.45, 2.75) is 44.4 Å². The maximum absolute atomic E-state index is 11.7. The fourth-order valence-corrected chi connectivity index (χ4v) is 2.09. The standard InChI is InChI=1S/C10H18N2O2/c1-6-2-3-14-9(6)10(13)12-8-4-7(11)5-8/h6-9H,2-5,11H2,1H3,(H,12,13). The van der Waals surface area contributed by atoms with Gasteiger partial charge in [0, 0.05) is 18.7 Å². The van der Waals surface area contributed by atoms with Gasteiger partial charge in [-0.1, -0.05) is 6.92 Å². The van der Waals surface area contributed by atoms with E-state index >= 15 is 0 Å². The van der Waals surface area contributed by atoms with E-state index in [1.807, 2.05) is 0 Å². The first kappa shape index (κ1) is 9.93. The highest BCUT2D eigenvalue weighted by atomic mass is 16.5. The van der Waals surface area contributed by atoms with Crippen LogP contribution in [-0.4, -0.2) is 30.7 Å². The van der Waals surface area contributed by atoms with Crippen molar-refractivity contribution in [2.24, 2.45) is 11.7 Å². The predicted octanol–water partition coefficient (Wildman–Crippen LogP) is 0.0173. The summed E-state index contributed by atoms with van der Waals surface area (Å²) in [5, 5.41) is 2.98. The normalized spacial score (nSPS) is 41.9. The van der Waals surface area contributed by atoms with Gasteiger partial charge < -0.3 is 15.8 Å². The Labute approximate surface area is 84.2 Å². The number of nitrogens with one attached hydrogen (secondary N) is 1. The first-order chi connectivity index (χ1) is 6.66. The number of amides is 1. The van der Waals surface area contributed by atoms with Crippen molar-refractivity contribution in [3.63, 3.8) is 0 Å². The summed E-state index contributed by atoms with van der Waals surface area (Å²) in [4.78, 5) is 11.7. The van der Waals surface area contributed by atoms with E-state index in [4.69, 9.17) is 10.5 Å². The first-order valence-electron chi connectivity index (χ1n) is 5.34. The number of carbonyl (C=O) groups excluding carboxylic acids is 1. The zero-order chi connectivity index (χ0) is 10.1. The smallest absolute Gasteiger partial charge is 0.249 e. The van der Waals surface area contributed by atoms with Gasteiger partial charge in [-0.2, -0.15) is 0 Å². The Hall–Kier alpha value is -0.610. The second-order valence-electron chi connectivity index (χ2n) is 4.49. The zero-order valence-corrected chi connectivity index (χ0v) is 8.53. The van der Waals surface area contributed by atoms with Crippen molar-refractivity contribution < 1.29 is 9.53 Å². The van der Waals surface area contributed by atoms with Crippen LogP contribution >= 0.6 is 0 Å². The third-order valence-electron chi connectivity index (χ3n) is 3.17. The fraction of sp³-hybridized carbons (Fsp3) is 0.900. The topological polar surface area (TPSA) is 64.3 Å². The number of carbonyl (C=O) groups is 1. The third kappa shape index (κ3) is 1.91. The summed E-state index contributed by atoms with van der Waals surface area (Å²) in [5.41, 5.74) is 5.64. The summed E-state index contributed by atoms with van der Waals surface area (Å²) in [6.07, 6.45) is 2.58. The Morgan fingerprint density at radius 1 is 1.50 bits per heavy atom. The van der Waals surface area contributed by atoms with Gasteiger partial charge in [0.2, 0.25) is 5.91 Å². The van der Waals surface area contributed by atoms with Gasteiger partial charge in [-0.15, -0.1) is 0 Å². The summed E-state index contributed by atoms with van der Waals surface area (Å²) in [5.74, 6) is 0.399. The van der Waals surface area contributed by atoms with E-state index in [1.165, 1.54) is 0 Å². The molecule has 0 bridgehead atoms. The van der Waals surface area contributed by atoms with Crippen LogP contribution in [0.25, 0.3) is 0 Å². The minimum atomic E-state index is -0.230. The van der Waals surface area contributed by atoms with E-state index in [9.17, 15) is 4.79 Å². The molecule has 4 nitrogen and oxygen atoms in total. The monoisotopic (exact) mass is 198 g/mol. The lowest BCUT2D eigenvalue weighted by Gasteiger charge is -2.33. The summed E-state index contributed by atoms with van der Waals surface area (Å²) in [7, 11) is 0. The molecule has 3 N–H and O–H groups in total. The van der Waals surface area contributed by atoms with Crippen molar-refractivity contribution in [2.75, 3.05) is 6.61 Å². The van der Waals surface area contributed by atoms with Crippen molar-refractivity contribution in [3.05, 3.63) is 0 Å². The Kier molecular flexibility index (Phi) is 2.74. The second kappa shape index (κ2) is 3.87. The minimum Gasteiger partial charge on any atom is -0.368 e. The van der Waals surface area contributed by atoms with Crippen LogP contribution in [0.15, 0.2) is 0 Å². The molecule has 14 heavy (non-hydrogen) atoms. The van der Waals surface area contributed by atoms with Gasteiger partial charge in [-0.3, -0.25) is 4.79 Å². The lowest BCUT2D eigenvalue weighted by Crippen LogP contribution is -2.53. The van der Waals surface area contributed by atoms with Gasteiger partial charge in [0.05, 0.1) is 0 Å². The highest BCUT2D eigenvalue weighted by molar-refractivity contribution is 5.81. The van der Waals surface area contributed by atoms with E-state index < -0.39 is 0 Å². The number of nitrogens with two attached hydrogens (primary N) is 1. The minimum absolute atomic E-state index is 0.0481. The van der Waals surface area contributed by atoms with Crippen LogP contribution < -0.4 is 11.1 Å². The highest BCUT2D eigenvalue weighted by Crippen LogP contribution is 2.22. The van der Waals surface area contributed by atoms with Gasteiger partial charge in [-0.25, -0.2) is 0 Å². The molecule has 0 aromatic carbocycles. The molecule has 80 valence electrons. The molecule has 1 aliphatic carbocycles. The summed E-state index contributed by atoms with van der Waals surface area (Å²) in [6.45, 7) is 2.77. The molecule has 1 saturated heterocycles. The molecule has 0 aromatic rings. The largest absolute Gasteiger partial charge is 0.368 e. The van der Waals surface area contributed by atoms with Gasteiger partial charge in [0.25, 0.3) is 0 Å². The molecule has 2 atom stereocenters. The SMILES string of the molecule is CC1CCOC1C(=O)NC1CC(N)C1. The van der Waals surface area contributed by atoms with E-state index in [-0.39, 0.29) is 24.1 Å². The number of rotatable bonds is 2. The molecule has 0 aromatic heterocycles. The second-order valence-corrected chi connectivity index (χ2v) is 4.49. The number of hydrogen-bond donors (Lipinski definition) is 2. The van der Waals surface area contributed by atoms with Gasteiger partial charge in [-0.05, 0) is 25.2 Å². The van der Waals surface area contributed by atoms with Crippen LogP contribution in [0, 0.1) is 5.92 Å². The lowest BCUT2D eigenvalue weighted by molar-refractivity contribution is -0.132. The summed E-state index contributed by atoms with van der Waals surface area (Å²) >= 11 is 0. The fourth-order valence-electron chi connectivity index (χ4n) is 2.09. The van der Waals surface area contributed by atoms with Crippen LogP contribution in [-0.2, 0) is 9.53 Å². The third-order valence-corrected chi connectivity index (χ3v) is 3.17. The first-order valence-corrected chi connectivity index (χ1v) is 5.34. The van der Waals surface area contributed by atoms with Crippen molar-refractivity contribution >= 4 is 5.91 Å². The predicted molar refractivity (Wildman–Crippen MR) is 52.7 cm³/mol. The van der Waals surface area contributed by atoms with Crippen LogP contribution in [0.1, 0.15) is 26.2 Å². The Bertz CT molecular complexity index is 226. The summed E-state index contributed by atoms with van der Waals surface area (Å²) < 4.78 is 5.38. The molecule has 2 fully saturated rings. The van der Waals surface area contributed by atoms with Crippen LogP contribution in [0.4, 0.5) is 0 Å². The van der Waals surface area contributed by atoms with Crippen molar-refractivity contribution in [1.82, 2.24) is 5.32 Å². The van der Waals surface area contributed by atoms with Crippen LogP contribution in [0.5, 0.6) is 0 Å². The molecular formula is C10H18N2O2. The molecule has 1 heterocycles. The van der Waals surface area contributed by atoms with Gasteiger partial charge in [0.1, 0.15) is 6.10 Å². The van der Waals surface area contributed by atoms with Gasteiger partial charge >= 0.3 is 0 Å². The molecule has 4 heteroatoms. The lowest BCUT2D eigenvalue weighted by atomic mass is 9.87. The molecule has 2 aliphatic rings. The quantitative estimate of drug-likeness (QED) is 0.657. The molecule has 1 saturated carbocycles. The van der Waals surface area contributed by atoms with Crippen molar-refractivity contribution in [1.29, 1.82) is 0 Å². The molecule has 0 spiro atoms. The van der Waals surface area contributed by atoms with Crippen LogP contribution in [0.2, 0.25) is 0 Å². The van der Waals surface area contributed by atoms with E-state index in [2.05, 4.69) is 12.2 Å². The van der Waals surface area contributed by atoms with Crippen molar-refractivity contribution in [3.8, 4) is 0 Å². The summed E-state index contributed by atoms with van der Waals surface area (Å²) in [6, 6.07) is 0.566. The Morgan fingerprint density at radius 3 is 2.71 bits per heavy atom. The molecule has 2 rings (SSSR count). The molecular weight excluding hydrogens is 180 g/mol. The maximum atomic E-state index is 11.7. The maximum Gasteiger partial charge on any atom is 0.249 e.